The van der Waals surface area contributed by atoms with Gasteiger partial charge in [-0.15, -0.1) is 0 Å². The highest BCUT2D eigenvalue weighted by Gasteiger charge is 2.34. The van der Waals surface area contributed by atoms with E-state index in [1.165, 1.54) is 0 Å². The number of carboxylic acid groups (broad SMARTS) is 1. The summed E-state index contributed by atoms with van der Waals surface area (Å²) in [4.78, 5) is 30.5. The second-order valence-electron chi connectivity index (χ2n) is 7.89. The van der Waals surface area contributed by atoms with Gasteiger partial charge in [-0.2, -0.15) is 5.10 Å². The lowest BCUT2D eigenvalue weighted by molar-refractivity contribution is 0.0697. The van der Waals surface area contributed by atoms with Crippen LogP contribution in [0.25, 0.3) is 0 Å². The van der Waals surface area contributed by atoms with Crippen LogP contribution in [0.1, 0.15) is 28.3 Å². The minimum absolute atomic E-state index is 0.0271. The van der Waals surface area contributed by atoms with Crippen molar-refractivity contribution in [3.63, 3.8) is 0 Å². The first kappa shape index (κ1) is 19.2. The van der Waals surface area contributed by atoms with E-state index in [1.54, 1.807) is 12.1 Å². The van der Waals surface area contributed by atoms with Crippen LogP contribution in [0.2, 0.25) is 0 Å². The molecular weight excluding hydrogens is 394 g/mol. The quantitative estimate of drug-likeness (QED) is 0.678. The molecule has 0 spiro atoms. The van der Waals surface area contributed by atoms with Crippen LogP contribution in [0.5, 0.6) is 0 Å². The van der Waals surface area contributed by atoms with Crippen molar-refractivity contribution in [2.24, 2.45) is 0 Å². The Morgan fingerprint density at radius 3 is 2.48 bits per heavy atom. The van der Waals surface area contributed by atoms with Crippen molar-refractivity contribution >= 4 is 29.1 Å². The second kappa shape index (κ2) is 7.79. The zero-order chi connectivity index (χ0) is 21.4. The fourth-order valence-electron chi connectivity index (χ4n) is 4.47. The zero-order valence-electron chi connectivity index (χ0n) is 16.9. The molecule has 0 aliphatic carbocycles. The highest BCUT2D eigenvalue weighted by Crippen LogP contribution is 2.38. The molecule has 2 aliphatic rings. The number of hydrogen-bond acceptors (Lipinski definition) is 4. The van der Waals surface area contributed by atoms with Crippen LogP contribution in [0.3, 0.4) is 0 Å². The average Bonchev–Trinajstić information content (AvgIpc) is 3.50. The number of benzene rings is 2. The first-order chi connectivity index (χ1) is 15.1. The lowest BCUT2D eigenvalue weighted by Crippen LogP contribution is -2.48. The Morgan fingerprint density at radius 1 is 1.00 bits per heavy atom. The summed E-state index contributed by atoms with van der Waals surface area (Å²) in [5.74, 6) is -0.631. The molecule has 1 fully saturated rings. The summed E-state index contributed by atoms with van der Waals surface area (Å²) in [7, 11) is 0. The molecule has 0 saturated carbocycles. The van der Waals surface area contributed by atoms with Crippen molar-refractivity contribution in [2.75, 3.05) is 36.0 Å². The van der Waals surface area contributed by atoms with Crippen molar-refractivity contribution in [3.05, 3.63) is 72.1 Å². The number of anilines is 3. The van der Waals surface area contributed by atoms with Gasteiger partial charge >= 0.3 is 12.0 Å². The molecule has 1 aromatic heterocycles. The third-order valence-electron chi connectivity index (χ3n) is 6.12. The van der Waals surface area contributed by atoms with Crippen molar-refractivity contribution in [2.45, 2.75) is 12.3 Å². The molecule has 2 aromatic carbocycles. The van der Waals surface area contributed by atoms with Crippen molar-refractivity contribution in [1.29, 1.82) is 0 Å². The summed E-state index contributed by atoms with van der Waals surface area (Å²) in [6, 6.07) is 14.7. The van der Waals surface area contributed by atoms with E-state index in [0.717, 1.165) is 35.6 Å². The number of fused-ring (bicyclic) bond motifs is 1. The van der Waals surface area contributed by atoms with Gasteiger partial charge in [-0.3, -0.25) is 10.00 Å². The number of hydrogen-bond donors (Lipinski definition) is 2. The van der Waals surface area contributed by atoms with Crippen LogP contribution in [0.15, 0.2) is 60.9 Å². The van der Waals surface area contributed by atoms with Crippen molar-refractivity contribution in [3.8, 4) is 0 Å². The van der Waals surface area contributed by atoms with Crippen LogP contribution in [-0.4, -0.2) is 58.4 Å². The number of urea groups is 1. The third kappa shape index (κ3) is 3.50. The Kier molecular flexibility index (Phi) is 4.82. The normalized spacial score (nSPS) is 18.2. The lowest BCUT2D eigenvalue weighted by Gasteiger charge is -2.39. The standard InChI is InChI=1S/C23H23N5O3/c29-22(30)16-5-7-19(8-6-16)27-11-12-28(21-4-2-1-3-20(21)27)23(31)26-10-9-17(15-26)18-13-24-25-14-18/h1-8,13-14,17H,9-12,15H2,(H,24,25)(H,29,30). The van der Waals surface area contributed by atoms with Gasteiger partial charge in [0.15, 0.2) is 0 Å². The van der Waals surface area contributed by atoms with E-state index in [-0.39, 0.29) is 11.6 Å². The minimum Gasteiger partial charge on any atom is -0.478 e. The number of nitrogens with zero attached hydrogens (tertiary/aromatic N) is 4. The Labute approximate surface area is 179 Å². The van der Waals surface area contributed by atoms with Crippen LogP contribution >= 0.6 is 0 Å². The predicted octanol–water partition coefficient (Wildman–Crippen LogP) is 3.68. The minimum atomic E-state index is -0.943. The molecule has 2 aliphatic heterocycles. The number of nitrogens with one attached hydrogen (secondary N) is 1. The third-order valence-corrected chi connectivity index (χ3v) is 6.12. The number of aromatic amines is 1. The van der Waals surface area contributed by atoms with Gasteiger partial charge in [-0.1, -0.05) is 12.1 Å². The summed E-state index contributed by atoms with van der Waals surface area (Å²) < 4.78 is 0. The number of likely N-dealkylation sites (tertiary alicyclic amines) is 1. The topological polar surface area (TPSA) is 92.8 Å². The molecular formula is C23H23N5O3. The number of carboxylic acids is 1. The highest BCUT2D eigenvalue weighted by atomic mass is 16.4. The molecule has 3 heterocycles. The number of amides is 2. The van der Waals surface area contributed by atoms with E-state index in [1.807, 2.05) is 58.6 Å². The fourth-order valence-corrected chi connectivity index (χ4v) is 4.47. The van der Waals surface area contributed by atoms with Crippen LogP contribution in [0, 0.1) is 0 Å². The van der Waals surface area contributed by atoms with E-state index in [4.69, 9.17) is 5.11 Å². The van der Waals surface area contributed by atoms with Gasteiger partial charge in [0.2, 0.25) is 0 Å². The molecule has 8 heteroatoms. The largest absolute Gasteiger partial charge is 0.478 e. The monoisotopic (exact) mass is 417 g/mol. The molecule has 2 N–H and O–H groups in total. The molecule has 1 atom stereocenters. The number of para-hydroxylation sites is 2. The van der Waals surface area contributed by atoms with E-state index in [2.05, 4.69) is 15.1 Å². The highest BCUT2D eigenvalue weighted by molar-refractivity contribution is 5.98. The summed E-state index contributed by atoms with van der Waals surface area (Å²) >= 11 is 0. The van der Waals surface area contributed by atoms with Crippen LogP contribution in [0.4, 0.5) is 21.9 Å². The maximum atomic E-state index is 13.4. The Morgan fingerprint density at radius 2 is 1.77 bits per heavy atom. The zero-order valence-corrected chi connectivity index (χ0v) is 16.9. The number of H-pyrrole nitrogens is 1. The summed E-state index contributed by atoms with van der Waals surface area (Å²) in [6.07, 6.45) is 4.67. The van der Waals surface area contributed by atoms with Gasteiger partial charge in [-0.05, 0) is 48.4 Å². The van der Waals surface area contributed by atoms with Gasteiger partial charge < -0.3 is 14.9 Å². The first-order valence-corrected chi connectivity index (χ1v) is 10.4. The predicted molar refractivity (Wildman–Crippen MR) is 117 cm³/mol. The van der Waals surface area contributed by atoms with Gasteiger partial charge in [0.25, 0.3) is 0 Å². The number of aromatic nitrogens is 2. The molecule has 3 aromatic rings. The molecule has 0 radical (unpaired) electrons. The Balaban J connectivity index is 1.38. The Hall–Kier alpha value is -3.81. The van der Waals surface area contributed by atoms with E-state index < -0.39 is 5.97 Å². The first-order valence-electron chi connectivity index (χ1n) is 10.4. The smallest absolute Gasteiger partial charge is 0.335 e. The van der Waals surface area contributed by atoms with E-state index >= 15 is 0 Å². The van der Waals surface area contributed by atoms with Gasteiger partial charge in [0.1, 0.15) is 0 Å². The van der Waals surface area contributed by atoms with Gasteiger partial charge in [0.05, 0.1) is 23.1 Å². The summed E-state index contributed by atoms with van der Waals surface area (Å²) in [5.41, 5.74) is 4.12. The fraction of sp³-hybridized carbons (Fsp3) is 0.261. The van der Waals surface area contributed by atoms with Crippen LogP contribution < -0.4 is 9.80 Å². The lowest BCUT2D eigenvalue weighted by atomic mass is 10.0. The number of carbonyl (C=O) groups excluding carboxylic acids is 1. The van der Waals surface area contributed by atoms with Crippen molar-refractivity contribution in [1.82, 2.24) is 15.1 Å². The number of aromatic carboxylic acids is 1. The van der Waals surface area contributed by atoms with E-state index in [9.17, 15) is 9.59 Å². The number of carbonyl (C=O) groups is 2. The molecule has 1 saturated heterocycles. The Bertz CT molecular complexity index is 1100. The van der Waals surface area contributed by atoms with Crippen molar-refractivity contribution < 1.29 is 14.7 Å². The molecule has 8 nitrogen and oxygen atoms in total. The maximum Gasteiger partial charge on any atom is 0.335 e. The summed E-state index contributed by atoms with van der Waals surface area (Å²) in [5, 5.41) is 16.0. The molecule has 158 valence electrons. The van der Waals surface area contributed by atoms with Gasteiger partial charge in [-0.25, -0.2) is 9.59 Å². The SMILES string of the molecule is O=C(O)c1ccc(N2CCN(C(=O)N3CCC(c4cn[nH]c4)C3)c3ccccc32)cc1. The maximum absolute atomic E-state index is 13.4. The second-order valence-corrected chi connectivity index (χ2v) is 7.89. The van der Waals surface area contributed by atoms with E-state index in [0.29, 0.717) is 25.6 Å². The molecule has 31 heavy (non-hydrogen) atoms. The molecule has 2 amide bonds. The number of rotatable bonds is 3. The molecule has 5 rings (SSSR count). The summed E-state index contributed by atoms with van der Waals surface area (Å²) in [6.45, 7) is 2.61. The molecule has 0 bridgehead atoms. The average molecular weight is 417 g/mol. The van der Waals surface area contributed by atoms with Gasteiger partial charge in [0, 0.05) is 44.0 Å². The molecule has 1 unspecified atom stereocenters. The van der Waals surface area contributed by atoms with Crippen LogP contribution in [-0.2, 0) is 0 Å².